The average molecular weight is 336 g/mol. The van der Waals surface area contributed by atoms with E-state index in [1.165, 1.54) is 34.2 Å². The number of carbonyl (C=O) groups is 2. The van der Waals surface area contributed by atoms with Crippen LogP contribution in [0, 0.1) is 0 Å². The van der Waals surface area contributed by atoms with Gasteiger partial charge in [-0.3, -0.25) is 0 Å². The lowest BCUT2D eigenvalue weighted by molar-refractivity contribution is 0.0525. The smallest absolute Gasteiger partial charge is 0.419 e. The Labute approximate surface area is 141 Å². The maximum Gasteiger partial charge on any atom is 0.419 e. The lowest BCUT2D eigenvalue weighted by atomic mass is 10.2. The molecule has 0 spiro atoms. The summed E-state index contributed by atoms with van der Waals surface area (Å²) in [5.41, 5.74) is -0.914. The van der Waals surface area contributed by atoms with E-state index in [1.54, 1.807) is 12.4 Å². The molecule has 0 unspecified atom stereocenters. The van der Waals surface area contributed by atoms with E-state index in [0.29, 0.717) is 0 Å². The summed E-state index contributed by atoms with van der Waals surface area (Å²) >= 11 is 0. The van der Waals surface area contributed by atoms with Gasteiger partial charge in [0.25, 0.3) is 0 Å². The van der Waals surface area contributed by atoms with Crippen molar-refractivity contribution in [3.8, 4) is 0 Å². The first-order valence-electron chi connectivity index (χ1n) is 7.40. The molecule has 132 valence electrons. The summed E-state index contributed by atoms with van der Waals surface area (Å²) in [5, 5.41) is 0. The second-order valence-corrected chi connectivity index (χ2v) is 6.90. The van der Waals surface area contributed by atoms with Crippen LogP contribution in [0.3, 0.4) is 0 Å². The first kappa shape index (κ1) is 19.4. The van der Waals surface area contributed by atoms with Gasteiger partial charge >= 0.3 is 12.2 Å². The second kappa shape index (κ2) is 7.76. The van der Waals surface area contributed by atoms with Crippen molar-refractivity contribution in [3.63, 3.8) is 0 Å². The zero-order valence-electron chi connectivity index (χ0n) is 14.9. The normalized spacial score (nSPS) is 11.2. The molecule has 2 rings (SSSR count). The van der Waals surface area contributed by atoms with Gasteiger partial charge in [-0.15, -0.1) is 0 Å². The van der Waals surface area contributed by atoms with E-state index in [0.717, 1.165) is 0 Å². The summed E-state index contributed by atoms with van der Waals surface area (Å²) in [5.74, 6) is 0. The fourth-order valence-corrected chi connectivity index (χ4v) is 1.36. The highest BCUT2D eigenvalue weighted by Gasteiger charge is 2.17. The standard InChI is InChI=1S/2C8H12N2O2/c2*1-8(2,3)12-7(11)10-5-4-9-6-10/h2*4-6H,1-3H3. The number of nitrogens with zero attached hydrogens (tertiary/aromatic N) is 4. The molecule has 0 fully saturated rings. The number of rotatable bonds is 0. The molecule has 24 heavy (non-hydrogen) atoms. The SMILES string of the molecule is CC(C)(C)OC(=O)n1ccnc1.CC(C)(C)OC(=O)n1ccnc1. The van der Waals surface area contributed by atoms with Gasteiger partial charge in [-0.25, -0.2) is 28.7 Å². The van der Waals surface area contributed by atoms with E-state index >= 15 is 0 Å². The van der Waals surface area contributed by atoms with Gasteiger partial charge in [0.05, 0.1) is 0 Å². The van der Waals surface area contributed by atoms with Gasteiger partial charge in [-0.1, -0.05) is 0 Å². The Morgan fingerprint density at radius 3 is 1.29 bits per heavy atom. The van der Waals surface area contributed by atoms with Crippen LogP contribution in [0.2, 0.25) is 0 Å². The highest BCUT2D eigenvalue weighted by molar-refractivity contribution is 5.70. The minimum absolute atomic E-state index is 0.403. The van der Waals surface area contributed by atoms with Crippen LogP contribution in [0.5, 0.6) is 0 Å². The minimum Gasteiger partial charge on any atom is -0.443 e. The van der Waals surface area contributed by atoms with Gasteiger partial charge in [0, 0.05) is 24.8 Å². The van der Waals surface area contributed by atoms with Gasteiger partial charge in [-0.2, -0.15) is 0 Å². The van der Waals surface area contributed by atoms with E-state index in [9.17, 15) is 9.59 Å². The first-order chi connectivity index (χ1) is 11.0. The van der Waals surface area contributed by atoms with E-state index in [-0.39, 0.29) is 0 Å². The Morgan fingerprint density at radius 2 is 1.08 bits per heavy atom. The van der Waals surface area contributed by atoms with Crippen LogP contribution in [-0.2, 0) is 9.47 Å². The summed E-state index contributed by atoms with van der Waals surface area (Å²) in [4.78, 5) is 29.9. The molecule has 2 aromatic heterocycles. The van der Waals surface area contributed by atoms with Crippen molar-refractivity contribution < 1.29 is 19.1 Å². The van der Waals surface area contributed by atoms with E-state index in [1.807, 2.05) is 41.5 Å². The third-order valence-electron chi connectivity index (χ3n) is 2.22. The summed E-state index contributed by atoms with van der Waals surface area (Å²) in [6.07, 6.45) is 8.18. The molecule has 0 saturated carbocycles. The Balaban J connectivity index is 0.000000240. The molecule has 2 heterocycles. The summed E-state index contributed by atoms with van der Waals surface area (Å²) in [6, 6.07) is 0. The minimum atomic E-state index is -0.457. The van der Waals surface area contributed by atoms with Crippen LogP contribution in [0.15, 0.2) is 37.4 Å². The number of hydrogen-bond donors (Lipinski definition) is 0. The quantitative estimate of drug-likeness (QED) is 0.733. The number of hydrogen-bond acceptors (Lipinski definition) is 6. The van der Waals surface area contributed by atoms with Crippen molar-refractivity contribution in [2.24, 2.45) is 0 Å². The Kier molecular flexibility index (Phi) is 6.27. The maximum absolute atomic E-state index is 11.2. The van der Waals surface area contributed by atoms with Crippen LogP contribution in [0.4, 0.5) is 9.59 Å². The molecule has 0 radical (unpaired) electrons. The van der Waals surface area contributed by atoms with Crippen molar-refractivity contribution in [2.75, 3.05) is 0 Å². The first-order valence-corrected chi connectivity index (χ1v) is 7.40. The molecular formula is C16H24N4O4. The summed E-state index contributed by atoms with van der Waals surface area (Å²) < 4.78 is 12.7. The molecular weight excluding hydrogens is 312 g/mol. The van der Waals surface area contributed by atoms with E-state index < -0.39 is 23.4 Å². The number of carbonyl (C=O) groups excluding carboxylic acids is 2. The largest absolute Gasteiger partial charge is 0.443 e. The molecule has 0 N–H and O–H groups in total. The third-order valence-corrected chi connectivity index (χ3v) is 2.22. The highest BCUT2D eigenvalue weighted by Crippen LogP contribution is 2.09. The lowest BCUT2D eigenvalue weighted by Gasteiger charge is -2.18. The third kappa shape index (κ3) is 7.57. The Bertz CT molecular complexity index is 576. The van der Waals surface area contributed by atoms with E-state index in [4.69, 9.17) is 9.47 Å². The lowest BCUT2D eigenvalue weighted by Crippen LogP contribution is -2.26. The molecule has 0 bridgehead atoms. The monoisotopic (exact) mass is 336 g/mol. The predicted octanol–water partition coefficient (Wildman–Crippen LogP) is 3.33. The van der Waals surface area contributed by atoms with Crippen molar-refractivity contribution in [1.29, 1.82) is 0 Å². The summed E-state index contributed by atoms with van der Waals surface area (Å²) in [7, 11) is 0. The molecule has 0 aromatic carbocycles. The maximum atomic E-state index is 11.2. The van der Waals surface area contributed by atoms with E-state index in [2.05, 4.69) is 9.97 Å². The van der Waals surface area contributed by atoms with Crippen LogP contribution in [0.25, 0.3) is 0 Å². The fraction of sp³-hybridized carbons (Fsp3) is 0.500. The molecule has 0 amide bonds. The van der Waals surface area contributed by atoms with Crippen LogP contribution in [-0.4, -0.2) is 42.5 Å². The molecule has 0 saturated heterocycles. The van der Waals surface area contributed by atoms with Crippen molar-refractivity contribution in [3.05, 3.63) is 37.4 Å². The highest BCUT2D eigenvalue weighted by atomic mass is 16.6. The molecule has 8 nitrogen and oxygen atoms in total. The molecule has 0 aliphatic heterocycles. The van der Waals surface area contributed by atoms with Crippen molar-refractivity contribution in [2.45, 2.75) is 52.7 Å². The second-order valence-electron chi connectivity index (χ2n) is 6.90. The fourth-order valence-electron chi connectivity index (χ4n) is 1.36. The van der Waals surface area contributed by atoms with Gasteiger partial charge in [0.2, 0.25) is 0 Å². The Hall–Kier alpha value is -2.64. The topological polar surface area (TPSA) is 88.2 Å². The molecule has 0 aliphatic carbocycles. The van der Waals surface area contributed by atoms with Gasteiger partial charge in [0.1, 0.15) is 23.9 Å². The van der Waals surface area contributed by atoms with Crippen LogP contribution in [0.1, 0.15) is 41.5 Å². The Morgan fingerprint density at radius 1 is 0.750 bits per heavy atom. The van der Waals surface area contributed by atoms with Gasteiger partial charge in [0.15, 0.2) is 0 Å². The zero-order valence-corrected chi connectivity index (χ0v) is 14.9. The average Bonchev–Trinajstić information content (AvgIpc) is 3.10. The predicted molar refractivity (Wildman–Crippen MR) is 87.7 cm³/mol. The number of imidazole rings is 2. The molecule has 0 aliphatic rings. The van der Waals surface area contributed by atoms with Crippen LogP contribution >= 0.6 is 0 Å². The summed E-state index contributed by atoms with van der Waals surface area (Å²) in [6.45, 7) is 10.9. The molecule has 2 aromatic rings. The molecule has 0 atom stereocenters. The van der Waals surface area contributed by atoms with Crippen molar-refractivity contribution >= 4 is 12.2 Å². The van der Waals surface area contributed by atoms with Gasteiger partial charge < -0.3 is 9.47 Å². The number of aromatic nitrogens is 4. The zero-order chi connectivity index (χ0) is 18.4. The van der Waals surface area contributed by atoms with Gasteiger partial charge in [-0.05, 0) is 41.5 Å². The van der Waals surface area contributed by atoms with Crippen LogP contribution < -0.4 is 0 Å². The van der Waals surface area contributed by atoms with Crippen molar-refractivity contribution in [1.82, 2.24) is 19.1 Å². The number of ether oxygens (including phenoxy) is 2. The molecule has 8 heteroatoms.